The first-order valence-corrected chi connectivity index (χ1v) is 5.00. The molecule has 18 heavy (non-hydrogen) atoms. The smallest absolute Gasteiger partial charge is 0.336 e. The summed E-state index contributed by atoms with van der Waals surface area (Å²) in [6, 6.07) is 6.34. The van der Waals surface area contributed by atoms with Gasteiger partial charge in [0.05, 0.1) is 5.56 Å². The van der Waals surface area contributed by atoms with Gasteiger partial charge in [-0.25, -0.2) is 13.6 Å². The van der Waals surface area contributed by atoms with Crippen LogP contribution in [0, 0.1) is 11.6 Å². The van der Waals surface area contributed by atoms with Gasteiger partial charge in [0.15, 0.2) is 0 Å². The molecule has 5 heteroatoms. The zero-order chi connectivity index (χ0) is 13.3. The van der Waals surface area contributed by atoms with E-state index < -0.39 is 17.6 Å². The van der Waals surface area contributed by atoms with Gasteiger partial charge in [-0.2, -0.15) is 0 Å². The van der Waals surface area contributed by atoms with Gasteiger partial charge in [0.2, 0.25) is 0 Å². The summed E-state index contributed by atoms with van der Waals surface area (Å²) in [5.41, 5.74) is 0.0172. The number of halogens is 2. The fourth-order valence-corrected chi connectivity index (χ4v) is 1.67. The van der Waals surface area contributed by atoms with E-state index in [2.05, 4.69) is 0 Å². The SMILES string of the molecule is O=C(O)c1cc(O)ccc1-c1cc(F)cc(F)c1. The molecule has 0 saturated carbocycles. The van der Waals surface area contributed by atoms with E-state index in [1.807, 2.05) is 0 Å². The maximum atomic E-state index is 13.1. The number of carbonyl (C=O) groups is 1. The Morgan fingerprint density at radius 3 is 2.17 bits per heavy atom. The van der Waals surface area contributed by atoms with Crippen LogP contribution in [0.2, 0.25) is 0 Å². The Hall–Kier alpha value is -2.43. The lowest BCUT2D eigenvalue weighted by Gasteiger charge is -2.07. The molecular formula is C13H8F2O3. The fourth-order valence-electron chi connectivity index (χ4n) is 1.67. The second kappa shape index (κ2) is 4.44. The number of phenols is 1. The topological polar surface area (TPSA) is 57.5 Å². The number of aromatic carboxylic acids is 1. The highest BCUT2D eigenvalue weighted by Crippen LogP contribution is 2.28. The predicted molar refractivity (Wildman–Crippen MR) is 60.4 cm³/mol. The van der Waals surface area contributed by atoms with Crippen molar-refractivity contribution >= 4 is 5.97 Å². The maximum Gasteiger partial charge on any atom is 0.336 e. The second-order valence-electron chi connectivity index (χ2n) is 3.69. The summed E-state index contributed by atoms with van der Waals surface area (Å²) in [5.74, 6) is -3.11. The molecule has 3 nitrogen and oxygen atoms in total. The average Bonchev–Trinajstić information content (AvgIpc) is 2.27. The van der Waals surface area contributed by atoms with Gasteiger partial charge in [-0.1, -0.05) is 0 Å². The minimum Gasteiger partial charge on any atom is -0.508 e. The van der Waals surface area contributed by atoms with Crippen molar-refractivity contribution in [3.05, 3.63) is 53.6 Å². The number of benzene rings is 2. The van der Waals surface area contributed by atoms with Gasteiger partial charge in [-0.3, -0.25) is 0 Å². The highest BCUT2D eigenvalue weighted by Gasteiger charge is 2.14. The molecule has 92 valence electrons. The molecular weight excluding hydrogens is 242 g/mol. The Balaban J connectivity index is 2.66. The zero-order valence-electron chi connectivity index (χ0n) is 9.02. The summed E-state index contributed by atoms with van der Waals surface area (Å²) in [4.78, 5) is 11.0. The summed E-state index contributed by atoms with van der Waals surface area (Å²) in [7, 11) is 0. The van der Waals surface area contributed by atoms with E-state index >= 15 is 0 Å². The van der Waals surface area contributed by atoms with Gasteiger partial charge in [-0.15, -0.1) is 0 Å². The predicted octanol–water partition coefficient (Wildman–Crippen LogP) is 3.04. The zero-order valence-corrected chi connectivity index (χ0v) is 9.02. The van der Waals surface area contributed by atoms with Crippen LogP contribution in [0.1, 0.15) is 10.4 Å². The van der Waals surface area contributed by atoms with Crippen LogP contribution in [-0.2, 0) is 0 Å². The molecule has 0 heterocycles. The number of hydrogen-bond donors (Lipinski definition) is 2. The Morgan fingerprint density at radius 2 is 1.61 bits per heavy atom. The van der Waals surface area contributed by atoms with Crippen molar-refractivity contribution in [3.8, 4) is 16.9 Å². The molecule has 0 atom stereocenters. The van der Waals surface area contributed by atoms with Crippen LogP contribution in [0.5, 0.6) is 5.75 Å². The minimum absolute atomic E-state index is 0.102. The number of carboxylic acids is 1. The van der Waals surface area contributed by atoms with E-state index in [0.29, 0.717) is 6.07 Å². The van der Waals surface area contributed by atoms with Crippen LogP contribution in [0.25, 0.3) is 11.1 Å². The lowest BCUT2D eigenvalue weighted by molar-refractivity contribution is 0.0697. The summed E-state index contributed by atoms with van der Waals surface area (Å²) in [6.07, 6.45) is 0. The molecule has 2 aromatic rings. The number of carboxylic acid groups (broad SMARTS) is 1. The van der Waals surface area contributed by atoms with Crippen LogP contribution < -0.4 is 0 Å². The third-order valence-corrected chi connectivity index (χ3v) is 2.41. The van der Waals surface area contributed by atoms with Crippen molar-refractivity contribution in [3.63, 3.8) is 0 Å². The summed E-state index contributed by atoms with van der Waals surface area (Å²) in [5, 5.41) is 18.2. The van der Waals surface area contributed by atoms with Crippen LogP contribution in [0.3, 0.4) is 0 Å². The highest BCUT2D eigenvalue weighted by atomic mass is 19.1. The van der Waals surface area contributed by atoms with Crippen molar-refractivity contribution in [2.45, 2.75) is 0 Å². The number of rotatable bonds is 2. The number of hydrogen-bond acceptors (Lipinski definition) is 2. The van der Waals surface area contributed by atoms with E-state index in [1.165, 1.54) is 12.1 Å². The Kier molecular flexibility index (Phi) is 2.97. The first-order valence-electron chi connectivity index (χ1n) is 5.00. The normalized spacial score (nSPS) is 10.3. The van der Waals surface area contributed by atoms with Crippen molar-refractivity contribution in [1.29, 1.82) is 0 Å². The number of phenolic OH excluding ortho intramolecular Hbond substituents is 1. The van der Waals surface area contributed by atoms with Gasteiger partial charge >= 0.3 is 5.97 Å². The third-order valence-electron chi connectivity index (χ3n) is 2.41. The van der Waals surface area contributed by atoms with Crippen LogP contribution in [-0.4, -0.2) is 16.2 Å². The van der Waals surface area contributed by atoms with Crippen LogP contribution in [0.4, 0.5) is 8.78 Å². The van der Waals surface area contributed by atoms with Gasteiger partial charge in [0, 0.05) is 6.07 Å². The van der Waals surface area contributed by atoms with Crippen molar-refractivity contribution < 1.29 is 23.8 Å². The minimum atomic E-state index is -1.29. The van der Waals surface area contributed by atoms with Crippen molar-refractivity contribution in [1.82, 2.24) is 0 Å². The monoisotopic (exact) mass is 250 g/mol. The van der Waals surface area contributed by atoms with Crippen molar-refractivity contribution in [2.75, 3.05) is 0 Å². The lowest BCUT2D eigenvalue weighted by atomic mass is 9.99. The van der Waals surface area contributed by atoms with E-state index in [1.54, 1.807) is 0 Å². The molecule has 2 N–H and O–H groups in total. The van der Waals surface area contributed by atoms with Crippen LogP contribution >= 0.6 is 0 Å². The van der Waals surface area contributed by atoms with Gasteiger partial charge in [-0.05, 0) is 41.5 Å². The summed E-state index contributed by atoms with van der Waals surface area (Å²) < 4.78 is 26.2. The van der Waals surface area contributed by atoms with Gasteiger partial charge in [0.25, 0.3) is 0 Å². The van der Waals surface area contributed by atoms with E-state index in [4.69, 9.17) is 5.11 Å². The largest absolute Gasteiger partial charge is 0.508 e. The molecule has 0 fully saturated rings. The molecule has 0 spiro atoms. The molecule has 0 saturated heterocycles. The van der Waals surface area contributed by atoms with Crippen molar-refractivity contribution in [2.24, 2.45) is 0 Å². The van der Waals surface area contributed by atoms with Crippen LogP contribution in [0.15, 0.2) is 36.4 Å². The molecule has 0 aromatic heterocycles. The molecule has 0 aliphatic heterocycles. The average molecular weight is 250 g/mol. The fraction of sp³-hybridized carbons (Fsp3) is 0. The standard InChI is InChI=1S/C13H8F2O3/c14-8-3-7(4-9(15)5-8)11-2-1-10(16)6-12(11)13(17)18/h1-6,16H,(H,17,18). The van der Waals surface area contributed by atoms with E-state index in [-0.39, 0.29) is 22.4 Å². The van der Waals surface area contributed by atoms with Gasteiger partial charge in [0.1, 0.15) is 17.4 Å². The molecule has 2 rings (SSSR count). The lowest BCUT2D eigenvalue weighted by Crippen LogP contribution is -1.99. The third kappa shape index (κ3) is 2.29. The van der Waals surface area contributed by atoms with E-state index in [0.717, 1.165) is 18.2 Å². The van der Waals surface area contributed by atoms with E-state index in [9.17, 15) is 18.7 Å². The first kappa shape index (κ1) is 12.0. The summed E-state index contributed by atoms with van der Waals surface area (Å²) >= 11 is 0. The maximum absolute atomic E-state index is 13.1. The molecule has 0 aliphatic rings. The van der Waals surface area contributed by atoms with Gasteiger partial charge < -0.3 is 10.2 Å². The second-order valence-corrected chi connectivity index (χ2v) is 3.69. The molecule has 0 bridgehead atoms. The summed E-state index contributed by atoms with van der Waals surface area (Å²) in [6.45, 7) is 0. The molecule has 0 aliphatic carbocycles. The number of aromatic hydroxyl groups is 1. The highest BCUT2D eigenvalue weighted by molar-refractivity contribution is 5.96. The molecule has 0 amide bonds. The molecule has 0 radical (unpaired) electrons. The molecule has 2 aromatic carbocycles. The Bertz CT molecular complexity index is 603. The Morgan fingerprint density at radius 1 is 1.00 bits per heavy atom. The quantitative estimate of drug-likeness (QED) is 0.861. The Labute approximate surface area is 101 Å². The molecule has 0 unspecified atom stereocenters. The first-order chi connectivity index (χ1) is 8.47.